The van der Waals surface area contributed by atoms with E-state index in [1.165, 1.54) is 6.07 Å². The van der Waals surface area contributed by atoms with Crippen molar-refractivity contribution in [3.63, 3.8) is 0 Å². The molecule has 1 aromatic carbocycles. The summed E-state index contributed by atoms with van der Waals surface area (Å²) in [7, 11) is 1.96. The van der Waals surface area contributed by atoms with Crippen LogP contribution in [0.3, 0.4) is 0 Å². The second-order valence-corrected chi connectivity index (χ2v) is 5.09. The van der Waals surface area contributed by atoms with E-state index in [2.05, 4.69) is 34.7 Å². The fourth-order valence-electron chi connectivity index (χ4n) is 1.64. The van der Waals surface area contributed by atoms with Crippen LogP contribution in [0.15, 0.2) is 22.7 Å². The number of benzene rings is 1. The van der Waals surface area contributed by atoms with Crippen molar-refractivity contribution < 1.29 is 4.39 Å². The second-order valence-electron chi connectivity index (χ2n) is 4.18. The van der Waals surface area contributed by atoms with Crippen LogP contribution in [-0.4, -0.2) is 24.5 Å². The quantitative estimate of drug-likeness (QED) is 0.923. The lowest BCUT2D eigenvalue weighted by molar-refractivity contribution is 0.197. The van der Waals surface area contributed by atoms with Crippen LogP contribution in [0.25, 0.3) is 0 Å². The summed E-state index contributed by atoms with van der Waals surface area (Å²) in [6.45, 7) is 4.54. The van der Waals surface area contributed by atoms with Gasteiger partial charge in [-0.25, -0.2) is 4.39 Å². The maximum absolute atomic E-state index is 13.7. The zero-order valence-electron chi connectivity index (χ0n) is 9.87. The summed E-state index contributed by atoms with van der Waals surface area (Å²) in [5.74, 6) is -0.203. The van der Waals surface area contributed by atoms with Crippen molar-refractivity contribution in [1.82, 2.24) is 4.90 Å². The molecule has 1 atom stereocenters. The van der Waals surface area contributed by atoms with Crippen LogP contribution in [0.1, 0.15) is 25.5 Å². The topological polar surface area (TPSA) is 29.3 Å². The third-order valence-electron chi connectivity index (χ3n) is 2.85. The SMILES string of the molecule is CC(C)N(C)C(CN)c1cc(Br)ccc1F. The monoisotopic (exact) mass is 288 g/mol. The van der Waals surface area contributed by atoms with Crippen LogP contribution in [-0.2, 0) is 0 Å². The number of likely N-dealkylation sites (N-methyl/N-ethyl adjacent to an activating group) is 1. The number of hydrogen-bond acceptors (Lipinski definition) is 2. The van der Waals surface area contributed by atoms with E-state index in [9.17, 15) is 4.39 Å². The smallest absolute Gasteiger partial charge is 0.128 e. The van der Waals surface area contributed by atoms with Crippen molar-refractivity contribution in [3.8, 4) is 0 Å². The molecule has 1 rings (SSSR count). The van der Waals surface area contributed by atoms with Crippen LogP contribution in [0.5, 0.6) is 0 Å². The summed E-state index contributed by atoms with van der Waals surface area (Å²) in [6, 6.07) is 5.20. The lowest BCUT2D eigenvalue weighted by Gasteiger charge is -2.31. The standard InChI is InChI=1S/C12H18BrFN2/c1-8(2)16(3)12(7-15)10-6-9(13)4-5-11(10)14/h4-6,8,12H,7,15H2,1-3H3. The Morgan fingerprint density at radius 1 is 1.44 bits per heavy atom. The Kier molecular flexibility index (Phi) is 4.89. The van der Waals surface area contributed by atoms with Gasteiger partial charge >= 0.3 is 0 Å². The number of halogens is 2. The highest BCUT2D eigenvalue weighted by molar-refractivity contribution is 9.10. The molecule has 0 aliphatic rings. The number of nitrogens with two attached hydrogens (primary N) is 1. The molecule has 0 aliphatic heterocycles. The number of hydrogen-bond donors (Lipinski definition) is 1. The van der Waals surface area contributed by atoms with Crippen LogP contribution < -0.4 is 5.73 Å². The van der Waals surface area contributed by atoms with Crippen LogP contribution in [0.4, 0.5) is 4.39 Å². The third-order valence-corrected chi connectivity index (χ3v) is 3.34. The molecule has 16 heavy (non-hydrogen) atoms. The van der Waals surface area contributed by atoms with Gasteiger partial charge in [0.25, 0.3) is 0 Å². The lowest BCUT2D eigenvalue weighted by Crippen LogP contribution is -2.35. The van der Waals surface area contributed by atoms with Crippen molar-refractivity contribution in [3.05, 3.63) is 34.1 Å². The van der Waals surface area contributed by atoms with E-state index in [1.807, 2.05) is 7.05 Å². The normalized spacial score (nSPS) is 13.5. The Balaban J connectivity index is 3.07. The van der Waals surface area contributed by atoms with Crippen molar-refractivity contribution in [1.29, 1.82) is 0 Å². The minimum Gasteiger partial charge on any atom is -0.329 e. The van der Waals surface area contributed by atoms with Gasteiger partial charge in [0, 0.05) is 28.7 Å². The van der Waals surface area contributed by atoms with E-state index in [0.29, 0.717) is 18.2 Å². The molecule has 0 amide bonds. The van der Waals surface area contributed by atoms with Crippen LogP contribution in [0.2, 0.25) is 0 Å². The van der Waals surface area contributed by atoms with Gasteiger partial charge in [0.15, 0.2) is 0 Å². The lowest BCUT2D eigenvalue weighted by atomic mass is 10.0. The minimum absolute atomic E-state index is 0.0856. The third kappa shape index (κ3) is 3.03. The Hall–Kier alpha value is -0.450. The fraction of sp³-hybridized carbons (Fsp3) is 0.500. The molecule has 90 valence electrons. The molecular formula is C12H18BrFN2. The van der Waals surface area contributed by atoms with Gasteiger partial charge in [-0.3, -0.25) is 4.90 Å². The average molecular weight is 289 g/mol. The molecule has 0 aliphatic carbocycles. The Morgan fingerprint density at radius 3 is 2.56 bits per heavy atom. The molecule has 0 saturated carbocycles. The van der Waals surface area contributed by atoms with Gasteiger partial charge in [0.2, 0.25) is 0 Å². The van der Waals surface area contributed by atoms with E-state index >= 15 is 0 Å². The first-order valence-corrected chi connectivity index (χ1v) is 6.13. The largest absolute Gasteiger partial charge is 0.329 e. The number of nitrogens with zero attached hydrogens (tertiary/aromatic N) is 1. The molecular weight excluding hydrogens is 271 g/mol. The van der Waals surface area contributed by atoms with Gasteiger partial charge in [0.1, 0.15) is 5.82 Å². The first kappa shape index (κ1) is 13.6. The second kappa shape index (κ2) is 5.75. The summed E-state index contributed by atoms with van der Waals surface area (Å²) in [5, 5.41) is 0. The predicted molar refractivity (Wildman–Crippen MR) is 68.8 cm³/mol. The molecule has 0 bridgehead atoms. The van der Waals surface area contributed by atoms with E-state index in [1.54, 1.807) is 12.1 Å². The first-order valence-electron chi connectivity index (χ1n) is 5.34. The molecule has 0 fully saturated rings. The van der Waals surface area contributed by atoms with Gasteiger partial charge in [-0.05, 0) is 39.1 Å². The molecule has 4 heteroatoms. The van der Waals surface area contributed by atoms with Crippen molar-refractivity contribution in [2.75, 3.05) is 13.6 Å². The van der Waals surface area contributed by atoms with Crippen molar-refractivity contribution in [2.24, 2.45) is 5.73 Å². The first-order chi connectivity index (χ1) is 7.47. The zero-order valence-corrected chi connectivity index (χ0v) is 11.5. The Labute approximate surface area is 105 Å². The highest BCUT2D eigenvalue weighted by Gasteiger charge is 2.21. The maximum atomic E-state index is 13.7. The average Bonchev–Trinajstić information content (AvgIpc) is 2.23. The van der Waals surface area contributed by atoms with Gasteiger partial charge < -0.3 is 5.73 Å². The summed E-state index contributed by atoms with van der Waals surface area (Å²) < 4.78 is 14.6. The zero-order chi connectivity index (χ0) is 12.3. The number of rotatable bonds is 4. The van der Waals surface area contributed by atoms with Crippen molar-refractivity contribution in [2.45, 2.75) is 25.9 Å². The van der Waals surface area contributed by atoms with Gasteiger partial charge in [-0.15, -0.1) is 0 Å². The highest BCUT2D eigenvalue weighted by atomic mass is 79.9. The molecule has 1 aromatic rings. The Morgan fingerprint density at radius 2 is 2.06 bits per heavy atom. The Bertz CT molecular complexity index is 355. The summed E-state index contributed by atoms with van der Waals surface area (Å²) in [4.78, 5) is 2.07. The summed E-state index contributed by atoms with van der Waals surface area (Å²) >= 11 is 3.35. The molecule has 0 radical (unpaired) electrons. The van der Waals surface area contributed by atoms with E-state index in [4.69, 9.17) is 5.73 Å². The minimum atomic E-state index is -0.203. The highest BCUT2D eigenvalue weighted by Crippen LogP contribution is 2.25. The fourth-order valence-corrected chi connectivity index (χ4v) is 2.02. The van der Waals surface area contributed by atoms with Gasteiger partial charge in [0.05, 0.1) is 0 Å². The predicted octanol–water partition coefficient (Wildman–Crippen LogP) is 2.93. The molecule has 0 spiro atoms. The molecule has 0 aromatic heterocycles. The van der Waals surface area contributed by atoms with Crippen LogP contribution >= 0.6 is 15.9 Å². The molecule has 2 nitrogen and oxygen atoms in total. The summed E-state index contributed by atoms with van der Waals surface area (Å²) in [6.07, 6.45) is 0. The molecule has 2 N–H and O–H groups in total. The van der Waals surface area contributed by atoms with Crippen molar-refractivity contribution >= 4 is 15.9 Å². The molecule has 1 unspecified atom stereocenters. The van der Waals surface area contributed by atoms with E-state index in [0.717, 1.165) is 4.47 Å². The molecule has 0 heterocycles. The summed E-state index contributed by atoms with van der Waals surface area (Å²) in [5.41, 5.74) is 6.39. The van der Waals surface area contributed by atoms with Crippen LogP contribution in [0, 0.1) is 5.82 Å². The van der Waals surface area contributed by atoms with Gasteiger partial charge in [-0.2, -0.15) is 0 Å². The maximum Gasteiger partial charge on any atom is 0.128 e. The van der Waals surface area contributed by atoms with E-state index in [-0.39, 0.29) is 11.9 Å². The molecule has 0 saturated heterocycles. The van der Waals surface area contributed by atoms with E-state index < -0.39 is 0 Å². The van der Waals surface area contributed by atoms with Gasteiger partial charge in [-0.1, -0.05) is 15.9 Å².